The molecular weight excluding hydrogens is 370 g/mol. The van der Waals surface area contributed by atoms with Crippen molar-refractivity contribution in [2.75, 3.05) is 11.1 Å². The van der Waals surface area contributed by atoms with E-state index in [9.17, 15) is 4.79 Å². The van der Waals surface area contributed by atoms with Gasteiger partial charge in [0.1, 0.15) is 0 Å². The van der Waals surface area contributed by atoms with Crippen LogP contribution >= 0.6 is 27.7 Å². The lowest BCUT2D eigenvalue weighted by molar-refractivity contribution is -0.113. The summed E-state index contributed by atoms with van der Waals surface area (Å²) in [6.45, 7) is 8.68. The second kappa shape index (κ2) is 7.54. The van der Waals surface area contributed by atoms with Crippen molar-refractivity contribution in [3.63, 3.8) is 0 Å². The molecule has 2 rings (SSSR count). The maximum atomic E-state index is 12.2. The highest BCUT2D eigenvalue weighted by molar-refractivity contribution is 9.10. The second-order valence-electron chi connectivity index (χ2n) is 6.55. The molecule has 0 unspecified atom stereocenters. The predicted octanol–water partition coefficient (Wildman–Crippen LogP) is 5.79. The topological polar surface area (TPSA) is 29.1 Å². The number of para-hydroxylation sites is 1. The van der Waals surface area contributed by atoms with Gasteiger partial charge < -0.3 is 5.32 Å². The fourth-order valence-electron chi connectivity index (χ4n) is 2.11. The summed E-state index contributed by atoms with van der Waals surface area (Å²) >= 11 is 5.03. The standard InChI is InChI=1S/C19H22BrNOS/c1-13-9-10-14(19(2,3)4)11-17(13)23-12-18(22)21-16-8-6-5-7-15(16)20/h5-11H,12H2,1-4H3,(H,21,22). The molecule has 0 aliphatic rings. The zero-order valence-electron chi connectivity index (χ0n) is 13.9. The van der Waals surface area contributed by atoms with Crippen LogP contribution in [0.1, 0.15) is 31.9 Å². The van der Waals surface area contributed by atoms with Crippen molar-refractivity contribution in [3.8, 4) is 0 Å². The fourth-order valence-corrected chi connectivity index (χ4v) is 3.36. The van der Waals surface area contributed by atoms with Crippen LogP contribution in [0.3, 0.4) is 0 Å². The SMILES string of the molecule is Cc1ccc(C(C)(C)C)cc1SCC(=O)Nc1ccccc1Br. The molecule has 23 heavy (non-hydrogen) atoms. The molecule has 1 amide bonds. The Kier molecular flexibility index (Phi) is 5.93. The van der Waals surface area contributed by atoms with Gasteiger partial charge in [-0.3, -0.25) is 4.79 Å². The first-order valence-electron chi connectivity index (χ1n) is 7.55. The van der Waals surface area contributed by atoms with E-state index in [0.717, 1.165) is 10.2 Å². The molecule has 2 aromatic rings. The second-order valence-corrected chi connectivity index (χ2v) is 8.42. The van der Waals surface area contributed by atoms with Gasteiger partial charge in [-0.15, -0.1) is 11.8 Å². The quantitative estimate of drug-likeness (QED) is 0.668. The van der Waals surface area contributed by atoms with Crippen molar-refractivity contribution < 1.29 is 4.79 Å². The van der Waals surface area contributed by atoms with Crippen molar-refractivity contribution in [1.29, 1.82) is 0 Å². The highest BCUT2D eigenvalue weighted by Gasteiger charge is 2.15. The maximum absolute atomic E-state index is 12.2. The summed E-state index contributed by atoms with van der Waals surface area (Å²) in [5.74, 6) is 0.401. The molecule has 4 heteroatoms. The Morgan fingerprint density at radius 3 is 2.52 bits per heavy atom. The van der Waals surface area contributed by atoms with Crippen LogP contribution in [0.4, 0.5) is 5.69 Å². The van der Waals surface area contributed by atoms with Gasteiger partial charge in [0.2, 0.25) is 5.91 Å². The highest BCUT2D eigenvalue weighted by atomic mass is 79.9. The molecule has 1 N–H and O–H groups in total. The molecule has 0 saturated heterocycles. The average Bonchev–Trinajstić information content (AvgIpc) is 2.47. The van der Waals surface area contributed by atoms with E-state index < -0.39 is 0 Å². The summed E-state index contributed by atoms with van der Waals surface area (Å²) in [6.07, 6.45) is 0. The molecule has 122 valence electrons. The molecule has 0 spiro atoms. The molecule has 0 heterocycles. The minimum Gasteiger partial charge on any atom is -0.324 e. The summed E-state index contributed by atoms with van der Waals surface area (Å²) in [4.78, 5) is 13.3. The molecule has 0 atom stereocenters. The number of hydrogen-bond donors (Lipinski definition) is 1. The first kappa shape index (κ1) is 18.1. The molecule has 0 aliphatic heterocycles. The van der Waals surface area contributed by atoms with Crippen molar-refractivity contribution in [1.82, 2.24) is 0 Å². The summed E-state index contributed by atoms with van der Waals surface area (Å²) in [5.41, 5.74) is 3.41. The van der Waals surface area contributed by atoms with Gasteiger partial charge in [-0.25, -0.2) is 0 Å². The van der Waals surface area contributed by atoms with Gasteiger partial charge in [-0.1, -0.05) is 45.0 Å². The van der Waals surface area contributed by atoms with Crippen LogP contribution in [-0.4, -0.2) is 11.7 Å². The van der Waals surface area contributed by atoms with E-state index in [2.05, 4.69) is 67.1 Å². The maximum Gasteiger partial charge on any atom is 0.234 e. The summed E-state index contributed by atoms with van der Waals surface area (Å²) in [6, 6.07) is 14.1. The zero-order chi connectivity index (χ0) is 17.0. The van der Waals surface area contributed by atoms with E-state index >= 15 is 0 Å². The number of hydrogen-bond acceptors (Lipinski definition) is 2. The number of thioether (sulfide) groups is 1. The Morgan fingerprint density at radius 1 is 1.17 bits per heavy atom. The number of rotatable bonds is 4. The van der Waals surface area contributed by atoms with E-state index in [4.69, 9.17) is 0 Å². The van der Waals surface area contributed by atoms with Crippen molar-refractivity contribution in [3.05, 3.63) is 58.1 Å². The molecule has 0 aliphatic carbocycles. The normalized spacial score (nSPS) is 11.3. The van der Waals surface area contributed by atoms with Crippen molar-refractivity contribution >= 4 is 39.3 Å². The van der Waals surface area contributed by atoms with Gasteiger partial charge in [0, 0.05) is 9.37 Å². The Morgan fingerprint density at radius 2 is 1.87 bits per heavy atom. The predicted molar refractivity (Wildman–Crippen MR) is 103 cm³/mol. The molecule has 2 nitrogen and oxygen atoms in total. The number of carbonyl (C=O) groups excluding carboxylic acids is 1. The molecule has 2 aromatic carbocycles. The number of anilines is 1. The first-order valence-corrected chi connectivity index (χ1v) is 9.33. The van der Waals surface area contributed by atoms with Crippen LogP contribution in [0.2, 0.25) is 0 Å². The summed E-state index contributed by atoms with van der Waals surface area (Å²) in [7, 11) is 0. The monoisotopic (exact) mass is 391 g/mol. The number of benzene rings is 2. The van der Waals surface area contributed by atoms with Crippen LogP contribution in [0, 0.1) is 6.92 Å². The van der Waals surface area contributed by atoms with Gasteiger partial charge in [0.05, 0.1) is 11.4 Å². The number of carbonyl (C=O) groups is 1. The van der Waals surface area contributed by atoms with E-state index in [-0.39, 0.29) is 11.3 Å². The van der Waals surface area contributed by atoms with Crippen molar-refractivity contribution in [2.24, 2.45) is 0 Å². The van der Waals surface area contributed by atoms with E-state index in [1.807, 2.05) is 24.3 Å². The Bertz CT molecular complexity index is 707. The van der Waals surface area contributed by atoms with Gasteiger partial charge in [0.15, 0.2) is 0 Å². The lowest BCUT2D eigenvalue weighted by atomic mass is 9.87. The Hall–Kier alpha value is -1.26. The van der Waals surface area contributed by atoms with E-state index in [1.54, 1.807) is 11.8 Å². The van der Waals surface area contributed by atoms with E-state index in [0.29, 0.717) is 5.75 Å². The third kappa shape index (κ3) is 5.11. The molecular formula is C19H22BrNOS. The van der Waals surface area contributed by atoms with Crippen molar-refractivity contribution in [2.45, 2.75) is 38.0 Å². The number of nitrogens with one attached hydrogen (secondary N) is 1. The lowest BCUT2D eigenvalue weighted by Gasteiger charge is -2.20. The van der Waals surface area contributed by atoms with Crippen LogP contribution in [-0.2, 0) is 10.2 Å². The third-order valence-electron chi connectivity index (χ3n) is 3.56. The molecule has 0 aromatic heterocycles. The average molecular weight is 392 g/mol. The first-order chi connectivity index (χ1) is 10.8. The van der Waals surface area contributed by atoms with Gasteiger partial charge in [-0.05, 0) is 57.6 Å². The van der Waals surface area contributed by atoms with Gasteiger partial charge in [0.25, 0.3) is 0 Å². The van der Waals surface area contributed by atoms with Gasteiger partial charge >= 0.3 is 0 Å². The molecule has 0 saturated carbocycles. The molecule has 0 bridgehead atoms. The van der Waals surface area contributed by atoms with Crippen LogP contribution in [0.15, 0.2) is 51.8 Å². The molecule has 0 radical (unpaired) electrons. The van der Waals surface area contributed by atoms with E-state index in [1.165, 1.54) is 16.0 Å². The third-order valence-corrected chi connectivity index (χ3v) is 5.41. The summed E-state index contributed by atoms with van der Waals surface area (Å²) < 4.78 is 0.893. The minimum atomic E-state index is 0.00228. The summed E-state index contributed by atoms with van der Waals surface area (Å²) in [5, 5.41) is 2.94. The van der Waals surface area contributed by atoms with Crippen LogP contribution in [0.5, 0.6) is 0 Å². The smallest absolute Gasteiger partial charge is 0.234 e. The highest BCUT2D eigenvalue weighted by Crippen LogP contribution is 2.30. The number of amides is 1. The fraction of sp³-hybridized carbons (Fsp3) is 0.316. The largest absolute Gasteiger partial charge is 0.324 e. The number of aryl methyl sites for hydroxylation is 1. The van der Waals surface area contributed by atoms with Crippen LogP contribution in [0.25, 0.3) is 0 Å². The zero-order valence-corrected chi connectivity index (χ0v) is 16.3. The van der Waals surface area contributed by atoms with Gasteiger partial charge in [-0.2, -0.15) is 0 Å². The Balaban J connectivity index is 2.03. The Labute approximate surface area is 151 Å². The number of halogens is 1. The minimum absolute atomic E-state index is 0.00228. The van der Waals surface area contributed by atoms with Crippen LogP contribution < -0.4 is 5.32 Å². The molecule has 0 fully saturated rings. The lowest BCUT2D eigenvalue weighted by Crippen LogP contribution is -2.15.